The average Bonchev–Trinajstić information content (AvgIpc) is 2.85. The van der Waals surface area contributed by atoms with Crippen LogP contribution in [0.1, 0.15) is 36.2 Å². The van der Waals surface area contributed by atoms with Gasteiger partial charge in [0.05, 0.1) is 13.3 Å². The molecule has 1 aromatic heterocycles. The Balaban J connectivity index is 2.10. The summed E-state index contributed by atoms with van der Waals surface area (Å²) in [6, 6.07) is 8.44. The Labute approximate surface area is 114 Å². The second-order valence-electron chi connectivity index (χ2n) is 4.60. The number of nitrogens with one attached hydrogen (secondary N) is 2. The summed E-state index contributed by atoms with van der Waals surface area (Å²) in [6.07, 6.45) is 2.88. The molecule has 1 aromatic carbocycles. The number of aromatic amines is 1. The molecule has 102 valence electrons. The van der Waals surface area contributed by atoms with Crippen molar-refractivity contribution >= 4 is 0 Å². The number of methoxy groups -OCH3 is 1. The lowest BCUT2D eigenvalue weighted by Gasteiger charge is -2.19. The van der Waals surface area contributed by atoms with Gasteiger partial charge in [-0.2, -0.15) is 5.10 Å². The molecule has 0 saturated carbocycles. The van der Waals surface area contributed by atoms with Gasteiger partial charge in [0.1, 0.15) is 5.75 Å². The van der Waals surface area contributed by atoms with Crippen molar-refractivity contribution in [3.63, 3.8) is 0 Å². The van der Waals surface area contributed by atoms with Crippen LogP contribution in [0.25, 0.3) is 0 Å². The monoisotopic (exact) mass is 259 g/mol. The average molecular weight is 259 g/mol. The maximum atomic E-state index is 5.43. The van der Waals surface area contributed by atoms with Gasteiger partial charge in [0.15, 0.2) is 0 Å². The molecule has 0 saturated heterocycles. The molecule has 19 heavy (non-hydrogen) atoms. The highest BCUT2D eigenvalue weighted by Gasteiger charge is 2.13. The minimum absolute atomic E-state index is 0.283. The number of rotatable bonds is 6. The van der Waals surface area contributed by atoms with Gasteiger partial charge in [0.2, 0.25) is 0 Å². The summed E-state index contributed by atoms with van der Waals surface area (Å²) in [6.45, 7) is 5.01. The Hall–Kier alpha value is -1.81. The van der Waals surface area contributed by atoms with E-state index in [0.29, 0.717) is 0 Å². The van der Waals surface area contributed by atoms with Crippen LogP contribution in [0.4, 0.5) is 0 Å². The van der Waals surface area contributed by atoms with E-state index in [0.717, 1.165) is 24.4 Å². The van der Waals surface area contributed by atoms with Crippen molar-refractivity contribution in [2.75, 3.05) is 7.11 Å². The first-order chi connectivity index (χ1) is 9.26. The molecule has 2 rings (SSSR count). The van der Waals surface area contributed by atoms with Crippen molar-refractivity contribution in [2.45, 2.75) is 32.9 Å². The van der Waals surface area contributed by atoms with E-state index in [1.165, 1.54) is 11.1 Å². The number of aromatic nitrogens is 2. The van der Waals surface area contributed by atoms with Gasteiger partial charge in [-0.3, -0.25) is 5.10 Å². The van der Waals surface area contributed by atoms with E-state index >= 15 is 0 Å². The van der Waals surface area contributed by atoms with E-state index in [9.17, 15) is 0 Å². The van der Waals surface area contributed by atoms with E-state index in [4.69, 9.17) is 4.74 Å². The highest BCUT2D eigenvalue weighted by Crippen LogP contribution is 2.27. The minimum Gasteiger partial charge on any atom is -0.496 e. The number of ether oxygens (including phenoxy) is 1. The molecule has 0 unspecified atom stereocenters. The summed E-state index contributed by atoms with van der Waals surface area (Å²) in [5.74, 6) is 0.936. The third-order valence-corrected chi connectivity index (χ3v) is 3.40. The Morgan fingerprint density at radius 3 is 2.79 bits per heavy atom. The number of aryl methyl sites for hydroxylation is 1. The molecular weight excluding hydrogens is 238 g/mol. The van der Waals surface area contributed by atoms with Crippen LogP contribution in [0.15, 0.2) is 30.5 Å². The molecule has 4 heteroatoms. The molecule has 2 aromatic rings. The van der Waals surface area contributed by atoms with Crippen molar-refractivity contribution in [1.82, 2.24) is 15.5 Å². The maximum Gasteiger partial charge on any atom is 0.123 e. The van der Waals surface area contributed by atoms with Gasteiger partial charge in [-0.25, -0.2) is 0 Å². The maximum absolute atomic E-state index is 5.43. The van der Waals surface area contributed by atoms with Crippen LogP contribution >= 0.6 is 0 Å². The molecule has 0 amide bonds. The first-order valence-electron chi connectivity index (χ1n) is 6.61. The lowest BCUT2D eigenvalue weighted by atomic mass is 10.0. The first kappa shape index (κ1) is 13.6. The predicted octanol–water partition coefficient (Wildman–Crippen LogP) is 2.97. The van der Waals surface area contributed by atoms with E-state index < -0.39 is 0 Å². The molecule has 1 heterocycles. The number of hydrogen-bond acceptors (Lipinski definition) is 3. The van der Waals surface area contributed by atoms with E-state index in [1.54, 1.807) is 7.11 Å². The quantitative estimate of drug-likeness (QED) is 0.838. The smallest absolute Gasteiger partial charge is 0.123 e. The summed E-state index contributed by atoms with van der Waals surface area (Å²) < 4.78 is 5.43. The molecular formula is C15H21N3O. The zero-order valence-corrected chi connectivity index (χ0v) is 11.7. The molecule has 2 N–H and O–H groups in total. The molecule has 0 fully saturated rings. The molecule has 0 aliphatic rings. The lowest BCUT2D eigenvalue weighted by molar-refractivity contribution is 0.396. The molecule has 0 spiro atoms. The van der Waals surface area contributed by atoms with Gasteiger partial charge in [0, 0.05) is 29.4 Å². The Morgan fingerprint density at radius 1 is 1.37 bits per heavy atom. The van der Waals surface area contributed by atoms with Crippen LogP contribution < -0.4 is 10.1 Å². The van der Waals surface area contributed by atoms with Crippen molar-refractivity contribution in [1.29, 1.82) is 0 Å². The standard InChI is InChI=1S/C15H21N3O/c1-4-14(13-7-5-6-8-15(13)19-3)16-9-12-10-17-18-11(12)2/h5-8,10,14,16H,4,9H2,1-3H3,(H,17,18)/t14-/m1/s1. The number of benzene rings is 1. The Kier molecular flexibility index (Phi) is 4.58. The van der Waals surface area contributed by atoms with Crippen LogP contribution in [0, 0.1) is 6.92 Å². The molecule has 0 bridgehead atoms. The van der Waals surface area contributed by atoms with Gasteiger partial charge in [0.25, 0.3) is 0 Å². The normalized spacial score (nSPS) is 12.4. The van der Waals surface area contributed by atoms with E-state index in [1.807, 2.05) is 31.3 Å². The number of hydrogen-bond donors (Lipinski definition) is 2. The largest absolute Gasteiger partial charge is 0.496 e. The van der Waals surface area contributed by atoms with Crippen LogP contribution in [-0.4, -0.2) is 17.3 Å². The van der Waals surface area contributed by atoms with Crippen LogP contribution in [0.5, 0.6) is 5.75 Å². The molecule has 0 aliphatic carbocycles. The van der Waals surface area contributed by atoms with Gasteiger partial charge < -0.3 is 10.1 Å². The van der Waals surface area contributed by atoms with Crippen molar-refractivity contribution in [3.8, 4) is 5.75 Å². The van der Waals surface area contributed by atoms with Crippen molar-refractivity contribution in [2.24, 2.45) is 0 Å². The van der Waals surface area contributed by atoms with Crippen LogP contribution in [0.3, 0.4) is 0 Å². The fourth-order valence-corrected chi connectivity index (χ4v) is 2.22. The Bertz CT molecular complexity index is 522. The van der Waals surface area contributed by atoms with Crippen molar-refractivity contribution in [3.05, 3.63) is 47.3 Å². The molecule has 4 nitrogen and oxygen atoms in total. The van der Waals surface area contributed by atoms with Crippen molar-refractivity contribution < 1.29 is 4.74 Å². The molecule has 0 radical (unpaired) electrons. The third-order valence-electron chi connectivity index (χ3n) is 3.40. The number of nitrogens with zero attached hydrogens (tertiary/aromatic N) is 1. The second kappa shape index (κ2) is 6.38. The minimum atomic E-state index is 0.283. The van der Waals surface area contributed by atoms with Crippen LogP contribution in [-0.2, 0) is 6.54 Å². The van der Waals surface area contributed by atoms with Gasteiger partial charge >= 0.3 is 0 Å². The van der Waals surface area contributed by atoms with E-state index in [2.05, 4.69) is 28.5 Å². The molecule has 1 atom stereocenters. The summed E-state index contributed by atoms with van der Waals surface area (Å²) in [5, 5.41) is 10.6. The summed E-state index contributed by atoms with van der Waals surface area (Å²) in [5.41, 5.74) is 3.52. The Morgan fingerprint density at radius 2 is 2.16 bits per heavy atom. The second-order valence-corrected chi connectivity index (χ2v) is 4.60. The van der Waals surface area contributed by atoms with E-state index in [-0.39, 0.29) is 6.04 Å². The molecule has 0 aliphatic heterocycles. The fraction of sp³-hybridized carbons (Fsp3) is 0.400. The first-order valence-corrected chi connectivity index (χ1v) is 6.61. The van der Waals surface area contributed by atoms with Gasteiger partial charge in [-0.05, 0) is 19.4 Å². The third kappa shape index (κ3) is 3.15. The summed E-state index contributed by atoms with van der Waals surface area (Å²) in [7, 11) is 1.71. The zero-order valence-electron chi connectivity index (χ0n) is 11.7. The van der Waals surface area contributed by atoms with Gasteiger partial charge in [-0.15, -0.1) is 0 Å². The topological polar surface area (TPSA) is 49.9 Å². The summed E-state index contributed by atoms with van der Waals surface area (Å²) in [4.78, 5) is 0. The number of H-pyrrole nitrogens is 1. The van der Waals surface area contributed by atoms with Gasteiger partial charge in [-0.1, -0.05) is 25.1 Å². The van der Waals surface area contributed by atoms with Crippen LogP contribution in [0.2, 0.25) is 0 Å². The fourth-order valence-electron chi connectivity index (χ4n) is 2.22. The highest BCUT2D eigenvalue weighted by atomic mass is 16.5. The number of para-hydroxylation sites is 1. The predicted molar refractivity (Wildman–Crippen MR) is 76.2 cm³/mol. The SMILES string of the molecule is CC[C@@H](NCc1cn[nH]c1C)c1ccccc1OC. The highest BCUT2D eigenvalue weighted by molar-refractivity contribution is 5.35. The summed E-state index contributed by atoms with van der Waals surface area (Å²) >= 11 is 0. The zero-order chi connectivity index (χ0) is 13.7. The lowest BCUT2D eigenvalue weighted by Crippen LogP contribution is -2.21.